The van der Waals surface area contributed by atoms with E-state index < -0.39 is 0 Å². The molecule has 114 valence electrons. The Morgan fingerprint density at radius 2 is 2.05 bits per heavy atom. The van der Waals surface area contributed by atoms with Gasteiger partial charge in [-0.05, 0) is 25.2 Å². The third-order valence-electron chi connectivity index (χ3n) is 4.35. The summed E-state index contributed by atoms with van der Waals surface area (Å²) in [6, 6.07) is 0. The lowest BCUT2D eigenvalue weighted by Crippen LogP contribution is -2.42. The molecule has 2 heterocycles. The Labute approximate surface area is 126 Å². The highest BCUT2D eigenvalue weighted by Crippen LogP contribution is 2.30. The highest BCUT2D eigenvalue weighted by molar-refractivity contribution is 8.14. The predicted octanol–water partition coefficient (Wildman–Crippen LogP) is 2.50. The Balaban J connectivity index is 1.71. The first-order valence-corrected chi connectivity index (χ1v) is 8.85. The average molecular weight is 297 g/mol. The molecule has 2 aliphatic heterocycles. The van der Waals surface area contributed by atoms with Crippen molar-refractivity contribution in [2.24, 2.45) is 10.9 Å². The van der Waals surface area contributed by atoms with E-state index >= 15 is 0 Å². The van der Waals surface area contributed by atoms with E-state index in [1.54, 1.807) is 0 Å². The Bertz CT molecular complexity index is 349. The van der Waals surface area contributed by atoms with Crippen molar-refractivity contribution in [1.82, 2.24) is 10.2 Å². The molecule has 0 spiro atoms. The Morgan fingerprint density at radius 1 is 1.35 bits per heavy atom. The summed E-state index contributed by atoms with van der Waals surface area (Å²) in [5.74, 6) is 0.958. The smallest absolute Gasteiger partial charge is 0.241 e. The SMILES string of the molecule is CCC(CC)C1CN=C(NCC(=O)N2CCCCC2)S1. The Hall–Kier alpha value is -0.710. The number of hydrogen-bond donors (Lipinski definition) is 1. The van der Waals surface area contributed by atoms with Gasteiger partial charge in [-0.1, -0.05) is 38.5 Å². The molecule has 0 saturated carbocycles. The number of nitrogens with zero attached hydrogens (tertiary/aromatic N) is 2. The number of nitrogens with one attached hydrogen (secondary N) is 1. The van der Waals surface area contributed by atoms with Gasteiger partial charge >= 0.3 is 0 Å². The molecule has 0 aliphatic carbocycles. The summed E-state index contributed by atoms with van der Waals surface area (Å²) in [5, 5.41) is 4.79. The van der Waals surface area contributed by atoms with Crippen LogP contribution in [0.15, 0.2) is 4.99 Å². The standard InChI is InChI=1S/C15H27N3OS/c1-3-12(4-2)13-10-16-15(20-13)17-11-14(19)18-8-6-5-7-9-18/h12-13H,3-11H2,1-2H3,(H,16,17). The summed E-state index contributed by atoms with van der Waals surface area (Å²) in [6.45, 7) is 7.66. The molecule has 4 nitrogen and oxygen atoms in total. The minimum Gasteiger partial charge on any atom is -0.356 e. The zero-order chi connectivity index (χ0) is 14.4. The van der Waals surface area contributed by atoms with Crippen molar-refractivity contribution in [2.45, 2.75) is 51.2 Å². The maximum atomic E-state index is 12.1. The van der Waals surface area contributed by atoms with Gasteiger partial charge in [-0.3, -0.25) is 9.79 Å². The molecule has 0 radical (unpaired) electrons. The van der Waals surface area contributed by atoms with Crippen LogP contribution in [0, 0.1) is 5.92 Å². The van der Waals surface area contributed by atoms with Crippen molar-refractivity contribution >= 4 is 22.8 Å². The zero-order valence-electron chi connectivity index (χ0n) is 12.7. The van der Waals surface area contributed by atoms with E-state index in [2.05, 4.69) is 24.2 Å². The first-order chi connectivity index (χ1) is 9.74. The second kappa shape index (κ2) is 7.91. The molecule has 2 aliphatic rings. The van der Waals surface area contributed by atoms with Crippen molar-refractivity contribution in [3.63, 3.8) is 0 Å². The summed E-state index contributed by atoms with van der Waals surface area (Å²) in [4.78, 5) is 18.6. The topological polar surface area (TPSA) is 44.7 Å². The lowest BCUT2D eigenvalue weighted by Gasteiger charge is -2.26. The van der Waals surface area contributed by atoms with Gasteiger partial charge in [-0.2, -0.15) is 0 Å². The van der Waals surface area contributed by atoms with E-state index in [-0.39, 0.29) is 5.91 Å². The Kier molecular flexibility index (Phi) is 6.20. The van der Waals surface area contributed by atoms with Gasteiger partial charge in [0.15, 0.2) is 5.17 Å². The molecule has 0 bridgehead atoms. The van der Waals surface area contributed by atoms with Gasteiger partial charge in [0.25, 0.3) is 0 Å². The van der Waals surface area contributed by atoms with Crippen LogP contribution in [-0.2, 0) is 4.79 Å². The summed E-state index contributed by atoms with van der Waals surface area (Å²) >= 11 is 1.82. The Morgan fingerprint density at radius 3 is 2.70 bits per heavy atom. The number of amides is 1. The largest absolute Gasteiger partial charge is 0.356 e. The van der Waals surface area contributed by atoms with Crippen LogP contribution in [0.4, 0.5) is 0 Å². The minimum absolute atomic E-state index is 0.221. The summed E-state index contributed by atoms with van der Waals surface area (Å²) in [6.07, 6.45) is 5.99. The molecule has 0 aromatic heterocycles. The van der Waals surface area contributed by atoms with Crippen LogP contribution in [0.25, 0.3) is 0 Å². The van der Waals surface area contributed by atoms with Crippen LogP contribution in [0.3, 0.4) is 0 Å². The van der Waals surface area contributed by atoms with Crippen molar-refractivity contribution in [2.75, 3.05) is 26.2 Å². The number of rotatable bonds is 5. The van der Waals surface area contributed by atoms with Gasteiger partial charge in [-0.15, -0.1) is 0 Å². The molecule has 2 rings (SSSR count). The second-order valence-corrected chi connectivity index (χ2v) is 6.90. The number of amidine groups is 1. The molecule has 1 unspecified atom stereocenters. The number of hydrogen-bond acceptors (Lipinski definition) is 4. The molecular formula is C15H27N3OS. The molecule has 0 aromatic rings. The maximum absolute atomic E-state index is 12.1. The van der Waals surface area contributed by atoms with E-state index in [0.29, 0.717) is 11.8 Å². The van der Waals surface area contributed by atoms with Crippen LogP contribution >= 0.6 is 11.8 Å². The number of thioether (sulfide) groups is 1. The quantitative estimate of drug-likeness (QED) is 0.848. The molecular weight excluding hydrogens is 270 g/mol. The molecule has 0 aromatic carbocycles. The molecule has 1 fully saturated rings. The van der Waals surface area contributed by atoms with E-state index in [9.17, 15) is 4.79 Å². The molecule has 1 atom stereocenters. The lowest BCUT2D eigenvalue weighted by molar-refractivity contribution is -0.130. The molecule has 1 amide bonds. The fourth-order valence-electron chi connectivity index (χ4n) is 2.95. The number of aliphatic imine (C=N–C) groups is 1. The third kappa shape index (κ3) is 4.14. The van der Waals surface area contributed by atoms with E-state index in [1.165, 1.54) is 19.3 Å². The zero-order valence-corrected chi connectivity index (χ0v) is 13.5. The van der Waals surface area contributed by atoms with Gasteiger partial charge in [0.1, 0.15) is 0 Å². The molecule has 1 N–H and O–H groups in total. The predicted molar refractivity (Wildman–Crippen MR) is 86.2 cm³/mol. The summed E-state index contributed by atoms with van der Waals surface area (Å²) in [5.41, 5.74) is 0. The van der Waals surface area contributed by atoms with E-state index in [4.69, 9.17) is 0 Å². The first-order valence-electron chi connectivity index (χ1n) is 7.97. The van der Waals surface area contributed by atoms with Crippen molar-refractivity contribution < 1.29 is 4.79 Å². The van der Waals surface area contributed by atoms with Gasteiger partial charge in [0.05, 0.1) is 13.1 Å². The van der Waals surface area contributed by atoms with Crippen LogP contribution in [0.1, 0.15) is 46.0 Å². The van der Waals surface area contributed by atoms with Crippen molar-refractivity contribution in [3.05, 3.63) is 0 Å². The highest BCUT2D eigenvalue weighted by atomic mass is 32.2. The molecule has 20 heavy (non-hydrogen) atoms. The number of piperidine rings is 1. The van der Waals surface area contributed by atoms with Crippen LogP contribution < -0.4 is 5.32 Å². The number of likely N-dealkylation sites (tertiary alicyclic amines) is 1. The third-order valence-corrected chi connectivity index (χ3v) is 5.69. The highest BCUT2D eigenvalue weighted by Gasteiger charge is 2.26. The van der Waals surface area contributed by atoms with Gasteiger partial charge in [0.2, 0.25) is 5.91 Å². The van der Waals surface area contributed by atoms with E-state index in [1.807, 2.05) is 16.7 Å². The van der Waals surface area contributed by atoms with Gasteiger partial charge < -0.3 is 10.2 Å². The normalized spacial score (nSPS) is 23.1. The summed E-state index contributed by atoms with van der Waals surface area (Å²) < 4.78 is 0. The maximum Gasteiger partial charge on any atom is 0.241 e. The van der Waals surface area contributed by atoms with Crippen molar-refractivity contribution in [3.8, 4) is 0 Å². The number of carbonyl (C=O) groups excluding carboxylic acids is 1. The lowest BCUT2D eigenvalue weighted by atomic mass is 9.99. The fraction of sp³-hybridized carbons (Fsp3) is 0.867. The fourth-order valence-corrected chi connectivity index (χ4v) is 4.27. The van der Waals surface area contributed by atoms with Crippen LogP contribution in [-0.4, -0.2) is 47.4 Å². The van der Waals surface area contributed by atoms with Gasteiger partial charge in [0, 0.05) is 18.3 Å². The van der Waals surface area contributed by atoms with Crippen LogP contribution in [0.5, 0.6) is 0 Å². The average Bonchev–Trinajstić information content (AvgIpc) is 2.96. The van der Waals surface area contributed by atoms with Gasteiger partial charge in [-0.25, -0.2) is 0 Å². The van der Waals surface area contributed by atoms with Crippen molar-refractivity contribution in [1.29, 1.82) is 0 Å². The number of carbonyl (C=O) groups is 1. The second-order valence-electron chi connectivity index (χ2n) is 5.67. The van der Waals surface area contributed by atoms with E-state index in [0.717, 1.165) is 43.6 Å². The summed E-state index contributed by atoms with van der Waals surface area (Å²) in [7, 11) is 0. The molecule has 5 heteroatoms. The first kappa shape index (κ1) is 15.7. The van der Waals surface area contributed by atoms with Crippen LogP contribution in [0.2, 0.25) is 0 Å². The minimum atomic E-state index is 0.221. The molecule has 1 saturated heterocycles. The monoisotopic (exact) mass is 297 g/mol.